The molecule has 0 radical (unpaired) electrons. The summed E-state index contributed by atoms with van der Waals surface area (Å²) in [4.78, 5) is 46.6. The summed E-state index contributed by atoms with van der Waals surface area (Å²) in [5.74, 6) is 0.0490. The average molecular weight is 724 g/mol. The molecule has 7 N–H and O–H groups in total. The van der Waals surface area contributed by atoms with Crippen molar-refractivity contribution in [1.82, 2.24) is 25.8 Å². The highest BCUT2D eigenvalue weighted by Crippen LogP contribution is 2.20. The van der Waals surface area contributed by atoms with Crippen LogP contribution < -0.4 is 27.4 Å². The molecule has 3 aromatic rings. The highest BCUT2D eigenvalue weighted by atomic mass is 32.1. The van der Waals surface area contributed by atoms with Gasteiger partial charge in [-0.25, -0.2) is 14.6 Å². The largest absolute Gasteiger partial charge is 0.444 e. The Kier molecular flexibility index (Phi) is 17.7. The molecule has 0 spiro atoms. The van der Waals surface area contributed by atoms with E-state index in [0.717, 1.165) is 28.2 Å². The molecule has 0 aliphatic rings. The predicted molar refractivity (Wildman–Crippen MR) is 204 cm³/mol. The number of nitrogens with zero attached hydrogens (tertiary/aromatic N) is 2. The van der Waals surface area contributed by atoms with Gasteiger partial charge in [-0.2, -0.15) is 0 Å². The fourth-order valence-electron chi connectivity index (χ4n) is 5.34. The first kappa shape index (κ1) is 40.4. The minimum atomic E-state index is -0.754. The zero-order chi connectivity index (χ0) is 36.3. The van der Waals surface area contributed by atoms with Crippen LogP contribution in [0.4, 0.5) is 9.59 Å². The lowest BCUT2D eigenvalue weighted by Crippen LogP contribution is -2.52. The van der Waals surface area contributed by atoms with Gasteiger partial charge in [-0.05, 0) is 62.6 Å². The molecule has 1 aromatic heterocycles. The number of urea groups is 1. The second-order valence-corrected chi connectivity index (χ2v) is 14.2. The highest BCUT2D eigenvalue weighted by Gasteiger charge is 2.26. The third-order valence-electron chi connectivity index (χ3n) is 8.10. The van der Waals surface area contributed by atoms with Crippen molar-refractivity contribution in [3.63, 3.8) is 0 Å². The monoisotopic (exact) mass is 723 g/mol. The van der Waals surface area contributed by atoms with Crippen LogP contribution in [0.1, 0.15) is 73.7 Å². The summed E-state index contributed by atoms with van der Waals surface area (Å²) in [5, 5.41) is 12.2. The number of unbranched alkanes of at least 4 members (excludes halogenated alkanes) is 1. The zero-order valence-electron chi connectivity index (χ0n) is 29.3. The lowest BCUT2D eigenvalue weighted by atomic mass is 9.95. The minimum absolute atomic E-state index is 0.0363. The van der Waals surface area contributed by atoms with Crippen molar-refractivity contribution in [2.45, 2.75) is 89.4 Å². The number of aromatic nitrogens is 1. The number of alkyl carbamates (subject to hydrolysis) is 1. The number of thiol groups is 1. The average Bonchev–Trinajstić information content (AvgIpc) is 3.58. The van der Waals surface area contributed by atoms with E-state index < -0.39 is 12.1 Å². The molecule has 0 aliphatic carbocycles. The van der Waals surface area contributed by atoms with E-state index >= 15 is 0 Å². The van der Waals surface area contributed by atoms with Crippen molar-refractivity contribution >= 4 is 42.0 Å². The molecule has 11 nitrogen and oxygen atoms in total. The van der Waals surface area contributed by atoms with Crippen LogP contribution in [-0.2, 0) is 28.9 Å². The summed E-state index contributed by atoms with van der Waals surface area (Å²) < 4.78 is 5.31. The van der Waals surface area contributed by atoms with Gasteiger partial charge >= 0.3 is 12.1 Å². The molecule has 13 heteroatoms. The summed E-state index contributed by atoms with van der Waals surface area (Å²) in [7, 11) is 1.70. The lowest BCUT2D eigenvalue weighted by Gasteiger charge is -2.27. The summed E-state index contributed by atoms with van der Waals surface area (Å²) in [6, 6.07) is 18.1. The molecule has 50 heavy (non-hydrogen) atoms. The third-order valence-corrected chi connectivity index (χ3v) is 9.57. The number of ether oxygens (including phenoxy) is 1. The Balaban J connectivity index is 1.74. The van der Waals surface area contributed by atoms with Gasteiger partial charge in [0, 0.05) is 41.5 Å². The van der Waals surface area contributed by atoms with E-state index in [4.69, 9.17) is 16.2 Å². The molecule has 0 saturated carbocycles. The Morgan fingerprint density at radius 3 is 2.06 bits per heavy atom. The number of amides is 4. The molecule has 0 bridgehead atoms. The molecular formula is C37H53N7O4S2. The molecule has 3 unspecified atom stereocenters. The second kappa shape index (κ2) is 21.9. The maximum Gasteiger partial charge on any atom is 0.407 e. The fourth-order valence-corrected chi connectivity index (χ4v) is 6.23. The van der Waals surface area contributed by atoms with Gasteiger partial charge in [-0.1, -0.05) is 74.5 Å². The number of nitrogens with one attached hydrogen (secondary N) is 3. The fraction of sp³-hybridized carbons (Fsp3) is 0.459. The van der Waals surface area contributed by atoms with E-state index in [1.54, 1.807) is 23.3 Å². The first-order valence-electron chi connectivity index (χ1n) is 17.1. The van der Waals surface area contributed by atoms with E-state index in [-0.39, 0.29) is 30.6 Å². The Hall–Kier alpha value is -4.07. The first-order valence-corrected chi connectivity index (χ1v) is 18.5. The smallest absolute Gasteiger partial charge is 0.407 e. The Morgan fingerprint density at radius 1 is 0.920 bits per heavy atom. The van der Waals surface area contributed by atoms with Crippen LogP contribution in [0, 0.1) is 0 Å². The quantitative estimate of drug-likeness (QED) is 0.0664. The number of rotatable bonds is 20. The zero-order valence-corrected chi connectivity index (χ0v) is 31.1. The second-order valence-electron chi connectivity index (χ2n) is 12.7. The lowest BCUT2D eigenvalue weighted by molar-refractivity contribution is -0.124. The topological polar surface area (TPSA) is 165 Å². The number of thiazole rings is 1. The van der Waals surface area contributed by atoms with Crippen molar-refractivity contribution in [3.05, 3.63) is 99.0 Å². The summed E-state index contributed by atoms with van der Waals surface area (Å²) in [5.41, 5.74) is 14.2. The number of carbonyl (C=O) groups excluding carboxylic acids is 3. The van der Waals surface area contributed by atoms with Gasteiger partial charge in [0.2, 0.25) is 5.91 Å². The van der Waals surface area contributed by atoms with E-state index in [0.29, 0.717) is 62.4 Å². The predicted octanol–water partition coefficient (Wildman–Crippen LogP) is 5.48. The summed E-state index contributed by atoms with van der Waals surface area (Å²) in [6.45, 7) is 4.97. The normalized spacial score (nSPS) is 13.3. The molecule has 1 heterocycles. The summed E-state index contributed by atoms with van der Waals surface area (Å²) >= 11 is 5.76. The SMILES string of the molecule is CC(C)c1nc(CN(C)C(=O)NC(CCCCN)C(=O)NC(CCC(Cc2ccccc2)NC(=O)OC/C(S)=C/N)Cc2ccccc2)cs1. The minimum Gasteiger partial charge on any atom is -0.444 e. The highest BCUT2D eigenvalue weighted by molar-refractivity contribution is 7.84. The van der Waals surface area contributed by atoms with E-state index in [1.807, 2.05) is 66.0 Å². The van der Waals surface area contributed by atoms with Crippen molar-refractivity contribution in [3.8, 4) is 0 Å². The van der Waals surface area contributed by atoms with Crippen LogP contribution in [0.15, 0.2) is 77.1 Å². The van der Waals surface area contributed by atoms with Crippen LogP contribution >= 0.6 is 24.0 Å². The molecular weight excluding hydrogens is 671 g/mol. The number of hydrogen-bond acceptors (Lipinski definition) is 9. The molecule has 4 amide bonds. The van der Waals surface area contributed by atoms with E-state index in [1.165, 1.54) is 6.20 Å². The van der Waals surface area contributed by atoms with Gasteiger partial charge in [0.15, 0.2) is 0 Å². The van der Waals surface area contributed by atoms with Gasteiger partial charge in [-0.3, -0.25) is 4.79 Å². The van der Waals surface area contributed by atoms with Gasteiger partial charge in [0.05, 0.1) is 17.2 Å². The molecule has 3 atom stereocenters. The maximum absolute atomic E-state index is 13.9. The van der Waals surface area contributed by atoms with Crippen molar-refractivity contribution < 1.29 is 19.1 Å². The molecule has 2 aromatic carbocycles. The maximum atomic E-state index is 13.9. The summed E-state index contributed by atoms with van der Waals surface area (Å²) in [6.07, 6.45) is 4.83. The van der Waals surface area contributed by atoms with Crippen molar-refractivity contribution in [2.75, 3.05) is 20.2 Å². The van der Waals surface area contributed by atoms with E-state index in [2.05, 4.69) is 47.4 Å². The molecule has 272 valence electrons. The van der Waals surface area contributed by atoms with Crippen LogP contribution in [-0.4, -0.2) is 66.2 Å². The van der Waals surface area contributed by atoms with Gasteiger partial charge in [0.25, 0.3) is 0 Å². The number of nitrogens with two attached hydrogens (primary N) is 2. The first-order chi connectivity index (χ1) is 24.1. The van der Waals surface area contributed by atoms with Crippen LogP contribution in [0.2, 0.25) is 0 Å². The van der Waals surface area contributed by atoms with Gasteiger partial charge in [-0.15, -0.1) is 24.0 Å². The number of benzene rings is 2. The van der Waals surface area contributed by atoms with Crippen molar-refractivity contribution in [1.29, 1.82) is 0 Å². The Morgan fingerprint density at radius 2 is 1.52 bits per heavy atom. The third kappa shape index (κ3) is 14.8. The van der Waals surface area contributed by atoms with Gasteiger partial charge < -0.3 is 37.1 Å². The van der Waals surface area contributed by atoms with Crippen molar-refractivity contribution in [2.24, 2.45) is 11.5 Å². The number of hydrogen-bond donors (Lipinski definition) is 6. The van der Waals surface area contributed by atoms with Crippen LogP contribution in [0.3, 0.4) is 0 Å². The Bertz CT molecular complexity index is 1490. The molecule has 0 aliphatic heterocycles. The van der Waals surface area contributed by atoms with Crippen LogP contribution in [0.25, 0.3) is 0 Å². The molecule has 0 fully saturated rings. The standard InChI is InChI=1S/C37H53N7O4S2/c1-26(2)35-41-31(25-50-35)23-44(3)36(46)43-33(16-10-11-19-38)34(45)40-29(20-27-12-6-4-7-13-27)17-18-30(21-28-14-8-5-9-15-28)42-37(47)48-24-32(49)22-39/h4-9,12-15,22,25-26,29-30,33,49H,10-11,16-21,23-24,38-39H2,1-3H3,(H,40,45)(H,42,47)(H,43,46)/b32-22-. The van der Waals surface area contributed by atoms with E-state index in [9.17, 15) is 14.4 Å². The number of carbonyl (C=O) groups is 3. The van der Waals surface area contributed by atoms with Crippen LogP contribution in [0.5, 0.6) is 0 Å². The molecule has 0 saturated heterocycles. The Labute approximate surface area is 306 Å². The van der Waals surface area contributed by atoms with Gasteiger partial charge in [0.1, 0.15) is 12.6 Å². The molecule has 3 rings (SSSR count).